The molecule has 2 aliphatic heterocycles. The zero-order valence-corrected chi connectivity index (χ0v) is 9.48. The van der Waals surface area contributed by atoms with Crippen molar-refractivity contribution in [3.05, 3.63) is 24.3 Å². The van der Waals surface area contributed by atoms with E-state index in [1.165, 1.54) is 37.3 Å². The Hall–Kier alpha value is -1.22. The van der Waals surface area contributed by atoms with Crippen LogP contribution >= 0.6 is 0 Å². The number of hydrogen-bond donors (Lipinski definition) is 1. The van der Waals surface area contributed by atoms with E-state index in [1.807, 2.05) is 0 Å². The molecule has 3 heteroatoms. The molecular weight excluding hydrogens is 200 g/mol. The molecule has 0 radical (unpaired) electrons. The quantitative estimate of drug-likeness (QED) is 0.841. The Morgan fingerprint density at radius 2 is 1.88 bits per heavy atom. The van der Waals surface area contributed by atoms with Gasteiger partial charge in [0.25, 0.3) is 0 Å². The number of para-hydroxylation sites is 2. The molecule has 0 bridgehead atoms. The molecule has 2 aliphatic rings. The van der Waals surface area contributed by atoms with Crippen molar-refractivity contribution in [2.45, 2.75) is 18.9 Å². The lowest BCUT2D eigenvalue weighted by molar-refractivity contribution is 0.0211. The van der Waals surface area contributed by atoms with Crippen LogP contribution < -0.4 is 10.2 Å². The minimum Gasteiger partial charge on any atom is -0.377 e. The Kier molecular flexibility index (Phi) is 2.70. The van der Waals surface area contributed by atoms with Gasteiger partial charge in [-0.1, -0.05) is 12.1 Å². The third-order valence-corrected chi connectivity index (χ3v) is 3.35. The van der Waals surface area contributed by atoms with E-state index in [0.717, 1.165) is 13.2 Å². The van der Waals surface area contributed by atoms with Crippen molar-refractivity contribution in [2.75, 3.05) is 36.5 Å². The molecule has 0 amide bonds. The highest BCUT2D eigenvalue weighted by molar-refractivity contribution is 5.70. The van der Waals surface area contributed by atoms with Gasteiger partial charge in [-0.2, -0.15) is 0 Å². The highest BCUT2D eigenvalue weighted by atomic mass is 16.5. The minimum atomic E-state index is 0.503. The van der Waals surface area contributed by atoms with E-state index in [-0.39, 0.29) is 0 Å². The lowest BCUT2D eigenvalue weighted by Crippen LogP contribution is -2.40. The van der Waals surface area contributed by atoms with Crippen molar-refractivity contribution < 1.29 is 4.74 Å². The maximum Gasteiger partial charge on any atom is 0.0729 e. The van der Waals surface area contributed by atoms with Gasteiger partial charge in [0.1, 0.15) is 0 Å². The molecule has 0 unspecified atom stereocenters. The summed E-state index contributed by atoms with van der Waals surface area (Å²) in [5.41, 5.74) is 2.62. The molecule has 3 rings (SSSR count). The fourth-order valence-corrected chi connectivity index (χ4v) is 2.37. The van der Waals surface area contributed by atoms with Crippen LogP contribution in [0.5, 0.6) is 0 Å². The molecule has 0 spiro atoms. The fraction of sp³-hybridized carbons (Fsp3) is 0.538. The standard InChI is InChI=1S/C13H18N2O/c1-2-6-13(15-7-3-4-8-15)12(5-1)14-11-9-16-10-11/h1-2,5-6,11,14H,3-4,7-10H2. The molecule has 2 fully saturated rings. The van der Waals surface area contributed by atoms with Crippen LogP contribution in [0, 0.1) is 0 Å². The van der Waals surface area contributed by atoms with Crippen LogP contribution in [0.25, 0.3) is 0 Å². The summed E-state index contributed by atoms with van der Waals surface area (Å²) >= 11 is 0. The van der Waals surface area contributed by atoms with Crippen molar-refractivity contribution >= 4 is 11.4 Å². The average Bonchev–Trinajstić information content (AvgIpc) is 2.77. The van der Waals surface area contributed by atoms with Crippen LogP contribution in [0.1, 0.15) is 12.8 Å². The van der Waals surface area contributed by atoms with Gasteiger partial charge in [0.2, 0.25) is 0 Å². The summed E-state index contributed by atoms with van der Waals surface area (Å²) in [4.78, 5) is 2.47. The SMILES string of the molecule is c1ccc(N2CCCC2)c(NC2COC2)c1. The van der Waals surface area contributed by atoms with Gasteiger partial charge in [-0.05, 0) is 25.0 Å². The Morgan fingerprint density at radius 3 is 2.56 bits per heavy atom. The molecular formula is C13H18N2O. The predicted molar refractivity (Wildman–Crippen MR) is 66.1 cm³/mol. The van der Waals surface area contributed by atoms with Crippen molar-refractivity contribution in [2.24, 2.45) is 0 Å². The van der Waals surface area contributed by atoms with E-state index < -0.39 is 0 Å². The average molecular weight is 218 g/mol. The van der Waals surface area contributed by atoms with Crippen molar-refractivity contribution in [1.29, 1.82) is 0 Å². The molecule has 2 saturated heterocycles. The molecule has 16 heavy (non-hydrogen) atoms. The monoisotopic (exact) mass is 218 g/mol. The first kappa shape index (κ1) is 9.97. The summed E-state index contributed by atoms with van der Waals surface area (Å²) in [6, 6.07) is 9.11. The smallest absolute Gasteiger partial charge is 0.0729 e. The summed E-state index contributed by atoms with van der Waals surface area (Å²) in [6.45, 7) is 4.07. The molecule has 0 atom stereocenters. The number of rotatable bonds is 3. The molecule has 1 N–H and O–H groups in total. The third kappa shape index (κ3) is 1.87. The van der Waals surface area contributed by atoms with Gasteiger partial charge in [0.05, 0.1) is 30.6 Å². The maximum atomic E-state index is 5.20. The van der Waals surface area contributed by atoms with Gasteiger partial charge < -0.3 is 15.0 Å². The number of hydrogen-bond acceptors (Lipinski definition) is 3. The minimum absolute atomic E-state index is 0.503. The molecule has 0 aromatic heterocycles. The second-order valence-electron chi connectivity index (χ2n) is 4.59. The summed E-state index contributed by atoms with van der Waals surface area (Å²) in [7, 11) is 0. The van der Waals surface area contributed by atoms with E-state index in [2.05, 4.69) is 34.5 Å². The normalized spacial score (nSPS) is 20.9. The largest absolute Gasteiger partial charge is 0.377 e. The van der Waals surface area contributed by atoms with Crippen molar-refractivity contribution in [3.63, 3.8) is 0 Å². The third-order valence-electron chi connectivity index (χ3n) is 3.35. The van der Waals surface area contributed by atoms with Crippen LogP contribution in [-0.2, 0) is 4.74 Å². The summed E-state index contributed by atoms with van der Waals surface area (Å²) < 4.78 is 5.20. The maximum absolute atomic E-state index is 5.20. The highest BCUT2D eigenvalue weighted by Crippen LogP contribution is 2.29. The van der Waals surface area contributed by atoms with Gasteiger partial charge in [0.15, 0.2) is 0 Å². The fourth-order valence-electron chi connectivity index (χ4n) is 2.37. The first-order valence-corrected chi connectivity index (χ1v) is 6.12. The molecule has 1 aromatic carbocycles. The van der Waals surface area contributed by atoms with Gasteiger partial charge >= 0.3 is 0 Å². The van der Waals surface area contributed by atoms with Crippen molar-refractivity contribution in [1.82, 2.24) is 0 Å². The number of nitrogens with zero attached hydrogens (tertiary/aromatic N) is 1. The lowest BCUT2D eigenvalue weighted by Gasteiger charge is -2.30. The summed E-state index contributed by atoms with van der Waals surface area (Å²) in [5.74, 6) is 0. The van der Waals surface area contributed by atoms with Crippen LogP contribution in [0.3, 0.4) is 0 Å². The van der Waals surface area contributed by atoms with Gasteiger partial charge in [-0.25, -0.2) is 0 Å². The zero-order valence-electron chi connectivity index (χ0n) is 9.48. The van der Waals surface area contributed by atoms with Gasteiger partial charge in [0, 0.05) is 13.1 Å². The second-order valence-corrected chi connectivity index (χ2v) is 4.59. The number of ether oxygens (including phenoxy) is 1. The first-order chi connectivity index (χ1) is 7.93. The van der Waals surface area contributed by atoms with Gasteiger partial charge in [-0.3, -0.25) is 0 Å². The topological polar surface area (TPSA) is 24.5 Å². The van der Waals surface area contributed by atoms with Crippen LogP contribution in [0.4, 0.5) is 11.4 Å². The number of anilines is 2. The molecule has 1 aromatic rings. The Morgan fingerprint density at radius 1 is 1.12 bits per heavy atom. The van der Waals surface area contributed by atoms with Crippen LogP contribution in [-0.4, -0.2) is 32.3 Å². The molecule has 86 valence electrons. The predicted octanol–water partition coefficient (Wildman–Crippen LogP) is 2.10. The lowest BCUT2D eigenvalue weighted by atomic mass is 10.2. The Balaban J connectivity index is 1.78. The molecule has 0 saturated carbocycles. The van der Waals surface area contributed by atoms with Crippen LogP contribution in [0.15, 0.2) is 24.3 Å². The Labute approximate surface area is 96.4 Å². The van der Waals surface area contributed by atoms with E-state index >= 15 is 0 Å². The molecule has 2 heterocycles. The highest BCUT2D eigenvalue weighted by Gasteiger charge is 2.21. The van der Waals surface area contributed by atoms with E-state index in [9.17, 15) is 0 Å². The van der Waals surface area contributed by atoms with Gasteiger partial charge in [-0.15, -0.1) is 0 Å². The summed E-state index contributed by atoms with van der Waals surface area (Å²) in [6.07, 6.45) is 2.64. The number of nitrogens with one attached hydrogen (secondary N) is 1. The van der Waals surface area contributed by atoms with E-state index in [0.29, 0.717) is 6.04 Å². The van der Waals surface area contributed by atoms with E-state index in [4.69, 9.17) is 4.74 Å². The second kappa shape index (κ2) is 4.34. The summed E-state index contributed by atoms with van der Waals surface area (Å²) in [5, 5.41) is 3.56. The Bertz CT molecular complexity index is 357. The van der Waals surface area contributed by atoms with Crippen LogP contribution in [0.2, 0.25) is 0 Å². The first-order valence-electron chi connectivity index (χ1n) is 6.12. The van der Waals surface area contributed by atoms with Crippen molar-refractivity contribution in [3.8, 4) is 0 Å². The molecule has 0 aliphatic carbocycles. The molecule has 3 nitrogen and oxygen atoms in total. The zero-order chi connectivity index (χ0) is 10.8. The van der Waals surface area contributed by atoms with E-state index in [1.54, 1.807) is 0 Å². The number of benzene rings is 1.